The number of ether oxygens (including phenoxy) is 1. The van der Waals surface area contributed by atoms with Crippen molar-refractivity contribution < 1.29 is 13.7 Å². The summed E-state index contributed by atoms with van der Waals surface area (Å²) in [5, 5.41) is 0.847. The highest BCUT2D eigenvalue weighted by molar-refractivity contribution is 7.98. The van der Waals surface area contributed by atoms with Crippen LogP contribution in [0, 0.1) is 0 Å². The molecule has 2 heterocycles. The van der Waals surface area contributed by atoms with Gasteiger partial charge in [0.15, 0.2) is 5.78 Å². The molecule has 2 aliphatic rings. The SMILES string of the molecule is C=S(=O)(c1cc2c(cc1OC)C(C)(C)c1[nH]c3cc(N)ccc3c1C2=O)N1CCCC1. The van der Waals surface area contributed by atoms with Gasteiger partial charge in [0.1, 0.15) is 5.75 Å². The number of nitrogens with two attached hydrogens (primary N) is 1. The number of H-pyrrole nitrogens is 1. The lowest BCUT2D eigenvalue weighted by atomic mass is 9.71. The van der Waals surface area contributed by atoms with Gasteiger partial charge in [-0.15, -0.1) is 0 Å². The Balaban J connectivity index is 1.77. The van der Waals surface area contributed by atoms with Gasteiger partial charge < -0.3 is 15.5 Å². The van der Waals surface area contributed by atoms with Crippen LogP contribution < -0.4 is 10.5 Å². The van der Waals surface area contributed by atoms with Crippen molar-refractivity contribution in [2.24, 2.45) is 0 Å². The van der Waals surface area contributed by atoms with Crippen LogP contribution in [0.3, 0.4) is 0 Å². The van der Waals surface area contributed by atoms with Crippen molar-refractivity contribution in [3.05, 3.63) is 52.7 Å². The van der Waals surface area contributed by atoms with Crippen molar-refractivity contribution in [2.75, 3.05) is 25.9 Å². The fourth-order valence-corrected chi connectivity index (χ4v) is 6.87. The summed E-state index contributed by atoms with van der Waals surface area (Å²) in [6.45, 7) is 5.62. The van der Waals surface area contributed by atoms with Gasteiger partial charge in [-0.25, -0.2) is 8.51 Å². The van der Waals surface area contributed by atoms with E-state index in [2.05, 4.69) is 24.7 Å². The van der Waals surface area contributed by atoms with Gasteiger partial charge in [-0.05, 0) is 48.5 Å². The molecule has 1 atom stereocenters. The zero-order valence-corrected chi connectivity index (χ0v) is 18.9. The third kappa shape index (κ3) is 2.76. The molecule has 1 saturated heterocycles. The van der Waals surface area contributed by atoms with E-state index in [0.717, 1.165) is 48.1 Å². The van der Waals surface area contributed by atoms with Crippen LogP contribution in [-0.2, 0) is 15.1 Å². The minimum absolute atomic E-state index is 0.0825. The molecule has 1 aliphatic carbocycles. The number of nitrogen functional groups attached to an aromatic ring is 1. The van der Waals surface area contributed by atoms with E-state index in [1.807, 2.05) is 28.6 Å². The second-order valence-corrected chi connectivity index (χ2v) is 11.2. The lowest BCUT2D eigenvalue weighted by Gasteiger charge is -2.33. The van der Waals surface area contributed by atoms with Gasteiger partial charge in [0.05, 0.1) is 27.3 Å². The Bertz CT molecular complexity index is 1350. The molecule has 2 aromatic carbocycles. The molecule has 1 aliphatic heterocycles. The van der Waals surface area contributed by atoms with Gasteiger partial charge in [0.25, 0.3) is 0 Å². The molecular weight excluding hydrogens is 410 g/mol. The van der Waals surface area contributed by atoms with Crippen molar-refractivity contribution in [1.29, 1.82) is 0 Å². The first-order chi connectivity index (χ1) is 14.7. The third-order valence-electron chi connectivity index (χ3n) is 6.72. The summed E-state index contributed by atoms with van der Waals surface area (Å²) >= 11 is 0. The van der Waals surface area contributed by atoms with Crippen molar-refractivity contribution in [3.63, 3.8) is 0 Å². The van der Waals surface area contributed by atoms with Crippen LogP contribution >= 0.6 is 0 Å². The van der Waals surface area contributed by atoms with Crippen LogP contribution in [0.15, 0.2) is 35.2 Å². The van der Waals surface area contributed by atoms with Crippen LogP contribution in [0.25, 0.3) is 10.9 Å². The molecule has 7 heteroatoms. The lowest BCUT2D eigenvalue weighted by Crippen LogP contribution is -2.32. The van der Waals surface area contributed by atoms with Crippen LogP contribution in [-0.4, -0.2) is 45.4 Å². The molecule has 1 fully saturated rings. The molecule has 0 amide bonds. The van der Waals surface area contributed by atoms with Crippen molar-refractivity contribution in [1.82, 2.24) is 9.29 Å². The highest BCUT2D eigenvalue weighted by Gasteiger charge is 2.41. The molecule has 5 rings (SSSR count). The van der Waals surface area contributed by atoms with Crippen molar-refractivity contribution in [2.45, 2.75) is 37.0 Å². The van der Waals surface area contributed by atoms with E-state index in [4.69, 9.17) is 10.5 Å². The monoisotopic (exact) mass is 437 g/mol. The molecule has 162 valence electrons. The van der Waals surface area contributed by atoms with Gasteiger partial charge >= 0.3 is 0 Å². The van der Waals surface area contributed by atoms with Crippen LogP contribution in [0.2, 0.25) is 0 Å². The van der Waals surface area contributed by atoms with Gasteiger partial charge in [-0.1, -0.05) is 19.9 Å². The van der Waals surface area contributed by atoms with Crippen molar-refractivity contribution in [3.8, 4) is 5.75 Å². The topological polar surface area (TPSA) is 88.4 Å². The summed E-state index contributed by atoms with van der Waals surface area (Å²) in [7, 11) is -1.19. The molecule has 3 N–H and O–H groups in total. The standard InChI is InChI=1S/C24H27N3O3S/c1-24(2)17-13-19(30-3)20(31(4,29)27-9-5-6-10-27)12-16(17)22(28)21-15-8-7-14(25)11-18(15)26-23(21)24/h7-8,11-13,26H,4-6,9-10,25H2,1-3H3. The number of rotatable bonds is 3. The lowest BCUT2D eigenvalue weighted by molar-refractivity contribution is 0.103. The molecule has 0 spiro atoms. The number of fused-ring (bicyclic) bond motifs is 4. The number of anilines is 1. The number of carbonyl (C=O) groups excluding carboxylic acids is 1. The Labute approximate surface area is 182 Å². The Morgan fingerprint density at radius 3 is 2.58 bits per heavy atom. The zero-order valence-electron chi connectivity index (χ0n) is 18.1. The predicted molar refractivity (Wildman–Crippen MR) is 126 cm³/mol. The zero-order chi connectivity index (χ0) is 22.1. The number of carbonyl (C=O) groups is 1. The van der Waals surface area contributed by atoms with Crippen LogP contribution in [0.5, 0.6) is 5.75 Å². The highest BCUT2D eigenvalue weighted by atomic mass is 32.2. The fourth-order valence-electron chi connectivity index (χ4n) is 4.98. The minimum Gasteiger partial charge on any atom is -0.495 e. The Morgan fingerprint density at radius 2 is 1.90 bits per heavy atom. The number of benzene rings is 2. The van der Waals surface area contributed by atoms with E-state index in [1.54, 1.807) is 13.2 Å². The van der Waals surface area contributed by atoms with E-state index >= 15 is 0 Å². The van der Waals surface area contributed by atoms with E-state index in [-0.39, 0.29) is 5.78 Å². The van der Waals surface area contributed by atoms with Gasteiger partial charge in [-0.2, -0.15) is 0 Å². The molecule has 0 bridgehead atoms. The number of aromatic nitrogens is 1. The van der Waals surface area contributed by atoms with Gasteiger partial charge in [-0.3, -0.25) is 4.79 Å². The molecule has 3 aromatic rings. The predicted octanol–water partition coefficient (Wildman–Crippen LogP) is 3.72. The van der Waals surface area contributed by atoms with Gasteiger partial charge in [0, 0.05) is 46.4 Å². The summed E-state index contributed by atoms with van der Waals surface area (Å²) in [5.41, 5.74) is 9.88. The highest BCUT2D eigenvalue weighted by Crippen LogP contribution is 2.46. The maximum Gasteiger partial charge on any atom is 0.195 e. The summed E-state index contributed by atoms with van der Waals surface area (Å²) in [4.78, 5) is 17.7. The van der Waals surface area contributed by atoms with Gasteiger partial charge in [0.2, 0.25) is 0 Å². The molecular formula is C24H27N3O3S. The molecule has 0 radical (unpaired) electrons. The smallest absolute Gasteiger partial charge is 0.195 e. The van der Waals surface area contributed by atoms with E-state index in [1.165, 1.54) is 0 Å². The number of hydrogen-bond donors (Lipinski definition) is 2. The molecule has 1 aromatic heterocycles. The average Bonchev–Trinajstić information content (AvgIpc) is 3.40. The first-order valence-corrected chi connectivity index (χ1v) is 12.2. The van der Waals surface area contributed by atoms with Crippen LogP contribution in [0.4, 0.5) is 5.69 Å². The third-order valence-corrected chi connectivity index (χ3v) is 8.93. The molecule has 6 nitrogen and oxygen atoms in total. The molecule has 31 heavy (non-hydrogen) atoms. The number of methoxy groups -OCH3 is 1. The second-order valence-electron chi connectivity index (χ2n) is 8.96. The Morgan fingerprint density at radius 1 is 1.19 bits per heavy atom. The minimum atomic E-state index is -2.76. The maximum absolute atomic E-state index is 13.8. The maximum atomic E-state index is 13.8. The summed E-state index contributed by atoms with van der Waals surface area (Å²) in [6.07, 6.45) is 1.99. The number of nitrogens with zero attached hydrogens (tertiary/aromatic N) is 1. The van der Waals surface area contributed by atoms with Crippen molar-refractivity contribution >= 4 is 38.0 Å². The summed E-state index contributed by atoms with van der Waals surface area (Å²) < 4.78 is 21.3. The summed E-state index contributed by atoms with van der Waals surface area (Å²) in [5.74, 6) is 4.50. The largest absolute Gasteiger partial charge is 0.495 e. The average molecular weight is 438 g/mol. The Kier molecular flexibility index (Phi) is 4.30. The number of hydrogen-bond acceptors (Lipinski definition) is 4. The number of ketones is 1. The first kappa shape index (κ1) is 20.2. The molecule has 0 saturated carbocycles. The molecule has 1 unspecified atom stereocenters. The van der Waals surface area contributed by atoms with E-state index in [0.29, 0.717) is 27.5 Å². The van der Waals surface area contributed by atoms with E-state index in [9.17, 15) is 9.00 Å². The second kappa shape index (κ2) is 6.61. The Hall–Kier alpha value is -2.77. The summed E-state index contributed by atoms with van der Waals surface area (Å²) in [6, 6.07) is 9.17. The first-order valence-electron chi connectivity index (χ1n) is 10.5. The number of aromatic amines is 1. The fraction of sp³-hybridized carbons (Fsp3) is 0.333. The van der Waals surface area contributed by atoms with E-state index < -0.39 is 15.1 Å². The van der Waals surface area contributed by atoms with Crippen LogP contribution in [0.1, 0.15) is 53.9 Å². The number of nitrogens with one attached hydrogen (secondary N) is 1. The quantitative estimate of drug-likeness (QED) is 0.483. The normalized spacial score (nSPS) is 19.8.